The van der Waals surface area contributed by atoms with Gasteiger partial charge in [0.1, 0.15) is 5.82 Å². The number of hydrogen-bond acceptors (Lipinski definition) is 3. The van der Waals surface area contributed by atoms with E-state index in [4.69, 9.17) is 11.6 Å². The molecular weight excluding hydrogens is 461 g/mol. The summed E-state index contributed by atoms with van der Waals surface area (Å²) in [4.78, 5) is 0. The Hall–Kier alpha value is -1.37. The van der Waals surface area contributed by atoms with E-state index in [0.717, 1.165) is 33.9 Å². The SMILES string of the molecule is Fc1cc(Cl)ccc1CSc1nnc(-c2ccc(Br)cc2)n1C1CCCCC1. The van der Waals surface area contributed by atoms with E-state index < -0.39 is 0 Å². The molecule has 1 aliphatic rings. The molecule has 2 aromatic carbocycles. The highest BCUT2D eigenvalue weighted by Crippen LogP contribution is 2.36. The molecule has 1 saturated carbocycles. The standard InChI is InChI=1S/C21H20BrClFN3S/c22-16-9-6-14(7-10-16)20-25-26-21(27(20)18-4-2-1-3-5-18)28-13-15-8-11-17(23)12-19(15)24/h6-12,18H,1-5,13H2. The van der Waals surface area contributed by atoms with E-state index in [0.29, 0.717) is 22.4 Å². The molecule has 4 rings (SSSR count). The monoisotopic (exact) mass is 479 g/mol. The lowest BCUT2D eigenvalue weighted by molar-refractivity contribution is 0.339. The molecule has 0 radical (unpaired) electrons. The van der Waals surface area contributed by atoms with E-state index in [2.05, 4.69) is 42.8 Å². The summed E-state index contributed by atoms with van der Waals surface area (Å²) in [7, 11) is 0. The highest BCUT2D eigenvalue weighted by atomic mass is 79.9. The Morgan fingerprint density at radius 2 is 1.82 bits per heavy atom. The van der Waals surface area contributed by atoms with Crippen LogP contribution in [-0.4, -0.2) is 14.8 Å². The summed E-state index contributed by atoms with van der Waals surface area (Å²) in [6, 6.07) is 13.4. The third-order valence-corrected chi connectivity index (χ3v) is 6.83. The fourth-order valence-electron chi connectivity index (χ4n) is 3.62. The van der Waals surface area contributed by atoms with Crippen LogP contribution in [0, 0.1) is 5.82 Å². The van der Waals surface area contributed by atoms with Crippen molar-refractivity contribution in [1.82, 2.24) is 14.8 Å². The Labute approximate surface area is 181 Å². The highest BCUT2D eigenvalue weighted by molar-refractivity contribution is 9.10. The predicted molar refractivity (Wildman–Crippen MR) is 116 cm³/mol. The molecule has 3 aromatic rings. The zero-order valence-corrected chi connectivity index (χ0v) is 18.4. The molecule has 1 heterocycles. The van der Waals surface area contributed by atoms with Gasteiger partial charge in [-0.1, -0.05) is 76.8 Å². The molecular formula is C21H20BrClFN3S. The molecule has 0 amide bonds. The number of thioether (sulfide) groups is 1. The molecule has 0 saturated heterocycles. The normalized spacial score (nSPS) is 15.1. The van der Waals surface area contributed by atoms with E-state index in [1.54, 1.807) is 12.1 Å². The lowest BCUT2D eigenvalue weighted by Crippen LogP contribution is -2.15. The second kappa shape index (κ2) is 8.97. The third kappa shape index (κ3) is 4.44. The van der Waals surface area contributed by atoms with Gasteiger partial charge in [-0.2, -0.15) is 0 Å². The van der Waals surface area contributed by atoms with Crippen molar-refractivity contribution in [2.24, 2.45) is 0 Å². The number of nitrogens with zero attached hydrogens (tertiary/aromatic N) is 3. The maximum atomic E-state index is 14.2. The Morgan fingerprint density at radius 1 is 1.07 bits per heavy atom. The lowest BCUT2D eigenvalue weighted by atomic mass is 9.95. The van der Waals surface area contributed by atoms with Gasteiger partial charge >= 0.3 is 0 Å². The second-order valence-electron chi connectivity index (χ2n) is 7.00. The van der Waals surface area contributed by atoms with E-state index in [9.17, 15) is 4.39 Å². The van der Waals surface area contributed by atoms with E-state index in [1.165, 1.54) is 37.1 Å². The minimum atomic E-state index is -0.281. The Kier molecular flexibility index (Phi) is 6.38. The van der Waals surface area contributed by atoms with Crippen molar-refractivity contribution in [3.8, 4) is 11.4 Å². The van der Waals surface area contributed by atoms with Gasteiger partial charge in [-0.25, -0.2) is 4.39 Å². The summed E-state index contributed by atoms with van der Waals surface area (Å²) in [6.45, 7) is 0. The maximum absolute atomic E-state index is 14.2. The number of aromatic nitrogens is 3. The number of hydrogen-bond donors (Lipinski definition) is 0. The van der Waals surface area contributed by atoms with Gasteiger partial charge in [-0.05, 0) is 42.7 Å². The molecule has 0 atom stereocenters. The molecule has 1 aromatic heterocycles. The molecule has 0 unspecified atom stereocenters. The molecule has 1 aliphatic carbocycles. The number of benzene rings is 2. The van der Waals surface area contributed by atoms with E-state index in [-0.39, 0.29) is 5.82 Å². The van der Waals surface area contributed by atoms with Crippen LogP contribution in [0.2, 0.25) is 5.02 Å². The molecule has 0 spiro atoms. The third-order valence-electron chi connectivity index (χ3n) is 5.08. The van der Waals surface area contributed by atoms with Crippen LogP contribution in [0.3, 0.4) is 0 Å². The van der Waals surface area contributed by atoms with E-state index >= 15 is 0 Å². The molecule has 0 aliphatic heterocycles. The first kappa shape index (κ1) is 19.9. The maximum Gasteiger partial charge on any atom is 0.192 e. The Morgan fingerprint density at radius 3 is 2.54 bits per heavy atom. The highest BCUT2D eigenvalue weighted by Gasteiger charge is 2.24. The molecule has 28 heavy (non-hydrogen) atoms. The first-order chi connectivity index (χ1) is 13.6. The van der Waals surface area contributed by atoms with Crippen LogP contribution in [0.1, 0.15) is 43.7 Å². The molecule has 7 heteroatoms. The molecule has 0 bridgehead atoms. The van der Waals surface area contributed by atoms with Crippen molar-refractivity contribution in [2.45, 2.75) is 49.1 Å². The fourth-order valence-corrected chi connectivity index (χ4v) is 5.04. The minimum Gasteiger partial charge on any atom is -0.299 e. The van der Waals surface area contributed by atoms with Crippen LogP contribution >= 0.6 is 39.3 Å². The summed E-state index contributed by atoms with van der Waals surface area (Å²) in [6.07, 6.45) is 5.98. The van der Waals surface area contributed by atoms with Crippen molar-refractivity contribution in [1.29, 1.82) is 0 Å². The van der Waals surface area contributed by atoms with Gasteiger partial charge in [0.05, 0.1) is 0 Å². The summed E-state index contributed by atoms with van der Waals surface area (Å²) in [5, 5.41) is 10.2. The second-order valence-corrected chi connectivity index (χ2v) is 9.29. The number of rotatable bonds is 5. The van der Waals surface area contributed by atoms with Crippen LogP contribution in [0.15, 0.2) is 52.1 Å². The van der Waals surface area contributed by atoms with Crippen molar-refractivity contribution < 1.29 is 4.39 Å². The molecule has 146 valence electrons. The quantitative estimate of drug-likeness (QED) is 0.359. The first-order valence-corrected chi connectivity index (χ1v) is 11.5. The van der Waals surface area contributed by atoms with E-state index in [1.807, 2.05) is 12.1 Å². The summed E-state index contributed by atoms with van der Waals surface area (Å²) >= 11 is 10.9. The number of halogens is 3. The average molecular weight is 481 g/mol. The van der Waals surface area contributed by atoms with Crippen molar-refractivity contribution in [2.75, 3.05) is 0 Å². The van der Waals surface area contributed by atoms with Gasteiger partial charge in [-0.15, -0.1) is 10.2 Å². The van der Waals surface area contributed by atoms with Crippen LogP contribution in [0.4, 0.5) is 4.39 Å². The predicted octanol–water partition coefficient (Wildman–Crippen LogP) is 7.30. The molecule has 1 fully saturated rings. The smallest absolute Gasteiger partial charge is 0.192 e. The Bertz CT molecular complexity index is 955. The zero-order valence-electron chi connectivity index (χ0n) is 15.2. The molecule has 0 N–H and O–H groups in total. The fraction of sp³-hybridized carbons (Fsp3) is 0.333. The molecule has 3 nitrogen and oxygen atoms in total. The average Bonchev–Trinajstić information content (AvgIpc) is 3.12. The van der Waals surface area contributed by atoms with Crippen molar-refractivity contribution >= 4 is 39.3 Å². The first-order valence-electron chi connectivity index (χ1n) is 9.39. The van der Waals surface area contributed by atoms with Gasteiger partial charge in [-0.3, -0.25) is 4.57 Å². The van der Waals surface area contributed by atoms with Gasteiger partial charge < -0.3 is 0 Å². The largest absolute Gasteiger partial charge is 0.299 e. The zero-order chi connectivity index (χ0) is 19.5. The van der Waals surface area contributed by atoms with Crippen molar-refractivity contribution in [3.63, 3.8) is 0 Å². The van der Waals surface area contributed by atoms with Gasteiger partial charge in [0, 0.05) is 26.9 Å². The summed E-state index contributed by atoms with van der Waals surface area (Å²) in [5.41, 5.74) is 1.67. The topological polar surface area (TPSA) is 30.7 Å². The summed E-state index contributed by atoms with van der Waals surface area (Å²) in [5.74, 6) is 1.10. The van der Waals surface area contributed by atoms with Crippen molar-refractivity contribution in [3.05, 3.63) is 63.3 Å². The Balaban J connectivity index is 1.65. The lowest BCUT2D eigenvalue weighted by Gasteiger charge is -2.25. The minimum absolute atomic E-state index is 0.281. The van der Waals surface area contributed by atoms with Crippen LogP contribution in [-0.2, 0) is 5.75 Å². The van der Waals surface area contributed by atoms with Gasteiger partial charge in [0.2, 0.25) is 0 Å². The summed E-state index contributed by atoms with van der Waals surface area (Å²) < 4.78 is 17.5. The van der Waals surface area contributed by atoms with Gasteiger partial charge in [0.25, 0.3) is 0 Å². The van der Waals surface area contributed by atoms with Crippen LogP contribution < -0.4 is 0 Å². The van der Waals surface area contributed by atoms with Crippen LogP contribution in [0.25, 0.3) is 11.4 Å². The van der Waals surface area contributed by atoms with Crippen LogP contribution in [0.5, 0.6) is 0 Å². The van der Waals surface area contributed by atoms with Gasteiger partial charge in [0.15, 0.2) is 11.0 Å².